The van der Waals surface area contributed by atoms with Crippen molar-refractivity contribution in [1.29, 1.82) is 0 Å². The van der Waals surface area contributed by atoms with Crippen LogP contribution in [-0.2, 0) is 10.0 Å². The molecule has 0 spiro atoms. The fraction of sp³-hybridized carbons (Fsp3) is 0.250. The number of anilines is 1. The maximum atomic E-state index is 14.1. The average Bonchev–Trinajstić information content (AvgIpc) is 2.85. The molecule has 3 aromatic rings. The summed E-state index contributed by atoms with van der Waals surface area (Å²) in [6.07, 6.45) is 2.36. The molecule has 0 aliphatic carbocycles. The maximum absolute atomic E-state index is 14.1. The Balaban J connectivity index is 1.57. The monoisotopic (exact) mass is 503 g/mol. The summed E-state index contributed by atoms with van der Waals surface area (Å²) in [5.74, 6) is -0.611. The Morgan fingerprint density at radius 3 is 2.44 bits per heavy atom. The molecule has 1 saturated heterocycles. The lowest BCUT2D eigenvalue weighted by Gasteiger charge is -2.37. The van der Waals surface area contributed by atoms with Crippen LogP contribution in [0.5, 0.6) is 5.75 Å². The summed E-state index contributed by atoms with van der Waals surface area (Å²) in [6.45, 7) is 0.333. The van der Waals surface area contributed by atoms with Gasteiger partial charge in [0.05, 0.1) is 22.6 Å². The zero-order valence-electron chi connectivity index (χ0n) is 18.4. The number of ether oxygens (including phenoxy) is 1. The van der Waals surface area contributed by atoms with E-state index in [4.69, 9.17) is 16.3 Å². The van der Waals surface area contributed by atoms with Crippen molar-refractivity contribution in [2.24, 2.45) is 0 Å². The second kappa shape index (κ2) is 10.1. The van der Waals surface area contributed by atoms with Gasteiger partial charge >= 0.3 is 0 Å². The van der Waals surface area contributed by atoms with Gasteiger partial charge in [0, 0.05) is 25.3 Å². The minimum absolute atomic E-state index is 0.0262. The molecule has 178 valence electrons. The largest absolute Gasteiger partial charge is 0.494 e. The molecule has 0 N–H and O–H groups in total. The molecule has 0 bridgehead atoms. The first-order valence-corrected chi connectivity index (χ1v) is 12.5. The van der Waals surface area contributed by atoms with E-state index < -0.39 is 15.8 Å². The van der Waals surface area contributed by atoms with Gasteiger partial charge in [-0.2, -0.15) is 4.31 Å². The number of halogens is 2. The standard InChI is InChI=1S/C24H23ClFN3O4S/c1-33-22-10-9-18(16-21(22)26)34(31,32)28-14-11-17(12-15-28)29(23-8-4-5-13-27-23)24(30)19-6-2-3-7-20(19)25/h2-10,13,16-17H,11-12,14-15H2,1H3. The van der Waals surface area contributed by atoms with E-state index >= 15 is 0 Å². The van der Waals surface area contributed by atoms with Gasteiger partial charge in [-0.15, -0.1) is 0 Å². The van der Waals surface area contributed by atoms with E-state index in [1.165, 1.54) is 23.5 Å². The molecule has 1 amide bonds. The number of hydrogen-bond donors (Lipinski definition) is 0. The van der Waals surface area contributed by atoms with Crippen molar-refractivity contribution < 1.29 is 22.3 Å². The fourth-order valence-electron chi connectivity index (χ4n) is 4.01. The lowest BCUT2D eigenvalue weighted by molar-refractivity contribution is 0.0967. The van der Waals surface area contributed by atoms with Crippen LogP contribution in [0, 0.1) is 5.82 Å². The molecule has 0 unspecified atom stereocenters. The molecule has 0 radical (unpaired) electrons. The van der Waals surface area contributed by atoms with Gasteiger partial charge in [-0.05, 0) is 55.3 Å². The van der Waals surface area contributed by atoms with Gasteiger partial charge in [0.2, 0.25) is 10.0 Å². The quantitative estimate of drug-likeness (QED) is 0.498. The first kappa shape index (κ1) is 24.1. The molecule has 0 saturated carbocycles. The SMILES string of the molecule is COc1ccc(S(=O)(=O)N2CCC(N(C(=O)c3ccccc3Cl)c3ccccn3)CC2)cc1F. The van der Waals surface area contributed by atoms with Crippen molar-refractivity contribution in [3.63, 3.8) is 0 Å². The Bertz CT molecular complexity index is 1280. The minimum Gasteiger partial charge on any atom is -0.494 e. The van der Waals surface area contributed by atoms with Crippen LogP contribution < -0.4 is 9.64 Å². The van der Waals surface area contributed by atoms with E-state index in [-0.39, 0.29) is 35.7 Å². The lowest BCUT2D eigenvalue weighted by atomic mass is 10.0. The molecule has 10 heteroatoms. The van der Waals surface area contributed by atoms with E-state index in [9.17, 15) is 17.6 Å². The zero-order valence-corrected chi connectivity index (χ0v) is 20.0. The van der Waals surface area contributed by atoms with E-state index in [0.29, 0.717) is 29.2 Å². The van der Waals surface area contributed by atoms with Gasteiger partial charge in [-0.1, -0.05) is 29.8 Å². The predicted octanol–water partition coefficient (Wildman–Crippen LogP) is 4.38. The highest BCUT2D eigenvalue weighted by Gasteiger charge is 2.35. The number of carbonyl (C=O) groups is 1. The number of aromatic nitrogens is 1. The highest BCUT2D eigenvalue weighted by molar-refractivity contribution is 7.89. The Labute approximate surface area is 202 Å². The maximum Gasteiger partial charge on any atom is 0.261 e. The minimum atomic E-state index is -3.90. The van der Waals surface area contributed by atoms with E-state index in [2.05, 4.69) is 4.98 Å². The molecule has 1 aliphatic rings. The molecule has 2 aromatic carbocycles. The number of pyridine rings is 1. The van der Waals surface area contributed by atoms with Gasteiger partial charge in [0.15, 0.2) is 11.6 Å². The summed E-state index contributed by atoms with van der Waals surface area (Å²) in [5, 5.41) is 0.329. The number of carbonyl (C=O) groups excluding carboxylic acids is 1. The normalized spacial score (nSPS) is 15.1. The second-order valence-corrected chi connectivity index (χ2v) is 10.1. The summed E-state index contributed by atoms with van der Waals surface area (Å²) in [7, 11) is -2.59. The van der Waals surface area contributed by atoms with Gasteiger partial charge in [-0.3, -0.25) is 9.69 Å². The molecular weight excluding hydrogens is 481 g/mol. The van der Waals surface area contributed by atoms with E-state index in [0.717, 1.165) is 6.07 Å². The highest BCUT2D eigenvalue weighted by Crippen LogP contribution is 2.30. The number of amides is 1. The fourth-order valence-corrected chi connectivity index (χ4v) is 5.71. The third-order valence-corrected chi connectivity index (χ3v) is 7.99. The third-order valence-electron chi connectivity index (χ3n) is 5.77. The van der Waals surface area contributed by atoms with Crippen LogP contribution in [0.3, 0.4) is 0 Å². The molecular formula is C24H23ClFN3O4S. The number of rotatable bonds is 6. The van der Waals surface area contributed by atoms with Crippen molar-refractivity contribution in [2.75, 3.05) is 25.1 Å². The van der Waals surface area contributed by atoms with Crippen molar-refractivity contribution in [1.82, 2.24) is 9.29 Å². The molecule has 1 aromatic heterocycles. The lowest BCUT2D eigenvalue weighted by Crippen LogP contribution is -2.49. The van der Waals surface area contributed by atoms with Gasteiger partial charge in [0.1, 0.15) is 5.82 Å². The Hall–Kier alpha value is -3.01. The summed E-state index contributed by atoms with van der Waals surface area (Å²) < 4.78 is 46.5. The van der Waals surface area contributed by atoms with Crippen LogP contribution in [0.2, 0.25) is 5.02 Å². The topological polar surface area (TPSA) is 79.8 Å². The number of sulfonamides is 1. The van der Waals surface area contributed by atoms with Crippen LogP contribution in [0.4, 0.5) is 10.2 Å². The summed E-state index contributed by atoms with van der Waals surface area (Å²) in [4.78, 5) is 19.3. The average molecular weight is 504 g/mol. The van der Waals surface area contributed by atoms with Crippen LogP contribution >= 0.6 is 11.6 Å². The third kappa shape index (κ3) is 4.77. The predicted molar refractivity (Wildman–Crippen MR) is 127 cm³/mol. The molecule has 0 atom stereocenters. The van der Waals surface area contributed by atoms with Crippen LogP contribution in [0.15, 0.2) is 71.8 Å². The molecule has 4 rings (SSSR count). The van der Waals surface area contributed by atoms with Gasteiger partial charge < -0.3 is 4.74 Å². The van der Waals surface area contributed by atoms with Crippen LogP contribution in [0.1, 0.15) is 23.2 Å². The number of hydrogen-bond acceptors (Lipinski definition) is 5. The first-order valence-electron chi connectivity index (χ1n) is 10.7. The second-order valence-electron chi connectivity index (χ2n) is 7.77. The van der Waals surface area contributed by atoms with Gasteiger partial charge in [0.25, 0.3) is 5.91 Å². The highest BCUT2D eigenvalue weighted by atomic mass is 35.5. The molecule has 1 fully saturated rings. The number of methoxy groups -OCH3 is 1. The van der Waals surface area contributed by atoms with Crippen molar-refractivity contribution in [2.45, 2.75) is 23.8 Å². The molecule has 7 nitrogen and oxygen atoms in total. The molecule has 1 aliphatic heterocycles. The number of nitrogens with zero attached hydrogens (tertiary/aromatic N) is 3. The Morgan fingerprint density at radius 2 is 1.82 bits per heavy atom. The van der Waals surface area contributed by atoms with Crippen molar-refractivity contribution >= 4 is 33.3 Å². The van der Waals surface area contributed by atoms with E-state index in [1.807, 2.05) is 0 Å². The molecule has 2 heterocycles. The van der Waals surface area contributed by atoms with Crippen molar-refractivity contribution in [3.05, 3.63) is 83.3 Å². The van der Waals surface area contributed by atoms with Gasteiger partial charge in [-0.25, -0.2) is 17.8 Å². The summed E-state index contributed by atoms with van der Waals surface area (Å²) >= 11 is 6.28. The summed E-state index contributed by atoms with van der Waals surface area (Å²) in [6, 6.07) is 15.3. The first-order chi connectivity index (χ1) is 16.3. The van der Waals surface area contributed by atoms with Crippen LogP contribution in [0.25, 0.3) is 0 Å². The summed E-state index contributed by atoms with van der Waals surface area (Å²) in [5.41, 5.74) is 0.346. The Kier molecular flexibility index (Phi) is 7.16. The molecule has 34 heavy (non-hydrogen) atoms. The zero-order chi connectivity index (χ0) is 24.3. The Morgan fingerprint density at radius 1 is 1.12 bits per heavy atom. The smallest absolute Gasteiger partial charge is 0.261 e. The van der Waals surface area contributed by atoms with Crippen molar-refractivity contribution in [3.8, 4) is 5.75 Å². The van der Waals surface area contributed by atoms with E-state index in [1.54, 1.807) is 53.6 Å². The van der Waals surface area contributed by atoms with Crippen LogP contribution in [-0.4, -0.2) is 49.9 Å². The number of piperidine rings is 1. The number of benzene rings is 2.